The minimum Gasteiger partial charge on any atom is -0.120 e. The zero-order valence-corrected chi connectivity index (χ0v) is 7.90. The van der Waals surface area contributed by atoms with Gasteiger partial charge in [-0.1, -0.05) is 39.5 Å². The summed E-state index contributed by atoms with van der Waals surface area (Å²) in [5.74, 6) is 3.36. The molecule has 11 heavy (non-hydrogen) atoms. The molecule has 0 amide bonds. The maximum Gasteiger partial charge on any atom is 0.0197 e. The van der Waals surface area contributed by atoms with Crippen LogP contribution < -0.4 is 0 Å². The lowest BCUT2D eigenvalue weighted by Crippen LogP contribution is -1.93. The van der Waals surface area contributed by atoms with E-state index in [1.165, 1.54) is 32.1 Å². The number of hydrogen-bond donors (Lipinski definition) is 0. The van der Waals surface area contributed by atoms with Crippen molar-refractivity contribution in [3.05, 3.63) is 0 Å². The molecule has 0 saturated heterocycles. The highest BCUT2D eigenvalue weighted by molar-refractivity contribution is 4.91. The SMILES string of the molecule is C#CC(CC)CCCCCC. The fraction of sp³-hybridized carbons (Fsp3) is 0.818. The van der Waals surface area contributed by atoms with Crippen molar-refractivity contribution in [3.8, 4) is 12.3 Å². The summed E-state index contributed by atoms with van der Waals surface area (Å²) in [7, 11) is 0. The Labute approximate surface area is 71.4 Å². The van der Waals surface area contributed by atoms with E-state index in [2.05, 4.69) is 19.8 Å². The second kappa shape index (κ2) is 7.66. The normalized spacial score (nSPS) is 12.5. The molecule has 0 aliphatic heterocycles. The lowest BCUT2D eigenvalue weighted by Gasteiger charge is -2.05. The Hall–Kier alpha value is -0.440. The van der Waals surface area contributed by atoms with Gasteiger partial charge in [0.1, 0.15) is 0 Å². The first-order valence-corrected chi connectivity index (χ1v) is 4.81. The smallest absolute Gasteiger partial charge is 0.0197 e. The van der Waals surface area contributed by atoms with Gasteiger partial charge in [0.25, 0.3) is 0 Å². The fourth-order valence-electron chi connectivity index (χ4n) is 1.22. The molecule has 0 nitrogen and oxygen atoms in total. The van der Waals surface area contributed by atoms with Crippen LogP contribution in [0, 0.1) is 18.3 Å². The van der Waals surface area contributed by atoms with Gasteiger partial charge >= 0.3 is 0 Å². The van der Waals surface area contributed by atoms with Crippen molar-refractivity contribution in [3.63, 3.8) is 0 Å². The average molecular weight is 152 g/mol. The average Bonchev–Trinajstić information content (AvgIpc) is 2.05. The lowest BCUT2D eigenvalue weighted by atomic mass is 9.99. The second-order valence-corrected chi connectivity index (χ2v) is 3.12. The quantitative estimate of drug-likeness (QED) is 0.403. The molecule has 0 N–H and O–H groups in total. The third kappa shape index (κ3) is 5.98. The molecule has 64 valence electrons. The van der Waals surface area contributed by atoms with Crippen LogP contribution in [0.5, 0.6) is 0 Å². The molecule has 0 heterocycles. The van der Waals surface area contributed by atoms with E-state index in [0.29, 0.717) is 5.92 Å². The number of hydrogen-bond acceptors (Lipinski definition) is 0. The van der Waals surface area contributed by atoms with Gasteiger partial charge in [-0.25, -0.2) is 0 Å². The van der Waals surface area contributed by atoms with Crippen LogP contribution in [-0.4, -0.2) is 0 Å². The minimum absolute atomic E-state index is 0.534. The predicted octanol–water partition coefficient (Wildman–Crippen LogP) is 3.62. The molecule has 0 heteroatoms. The van der Waals surface area contributed by atoms with E-state index in [1.54, 1.807) is 0 Å². The van der Waals surface area contributed by atoms with Gasteiger partial charge in [0, 0.05) is 5.92 Å². The first kappa shape index (κ1) is 10.6. The van der Waals surface area contributed by atoms with Gasteiger partial charge in [-0.2, -0.15) is 0 Å². The summed E-state index contributed by atoms with van der Waals surface area (Å²) in [5, 5.41) is 0. The molecule has 1 unspecified atom stereocenters. The van der Waals surface area contributed by atoms with E-state index in [4.69, 9.17) is 6.42 Å². The molecule has 0 aromatic carbocycles. The Morgan fingerprint density at radius 2 is 1.91 bits per heavy atom. The first-order chi connectivity index (χ1) is 5.35. The Morgan fingerprint density at radius 1 is 1.18 bits per heavy atom. The number of unbranched alkanes of at least 4 members (excludes halogenated alkanes) is 3. The van der Waals surface area contributed by atoms with Crippen molar-refractivity contribution in [2.24, 2.45) is 5.92 Å². The summed E-state index contributed by atoms with van der Waals surface area (Å²) in [6, 6.07) is 0. The molecule has 0 aliphatic carbocycles. The topological polar surface area (TPSA) is 0 Å². The van der Waals surface area contributed by atoms with Gasteiger partial charge in [0.2, 0.25) is 0 Å². The molecule has 0 saturated carbocycles. The van der Waals surface area contributed by atoms with Crippen LogP contribution >= 0.6 is 0 Å². The molecule has 1 atom stereocenters. The van der Waals surface area contributed by atoms with Gasteiger partial charge in [0.15, 0.2) is 0 Å². The van der Waals surface area contributed by atoms with E-state index < -0.39 is 0 Å². The highest BCUT2D eigenvalue weighted by Gasteiger charge is 1.99. The first-order valence-electron chi connectivity index (χ1n) is 4.81. The Balaban J connectivity index is 3.16. The largest absolute Gasteiger partial charge is 0.120 e. The molecule has 0 bridgehead atoms. The summed E-state index contributed by atoms with van der Waals surface area (Å²) in [6.07, 6.45) is 13.1. The van der Waals surface area contributed by atoms with Gasteiger partial charge in [-0.15, -0.1) is 12.3 Å². The maximum atomic E-state index is 5.35. The molecule has 0 aliphatic rings. The van der Waals surface area contributed by atoms with Crippen molar-refractivity contribution < 1.29 is 0 Å². The molecular formula is C11H20. The molecule has 0 spiro atoms. The van der Waals surface area contributed by atoms with Crippen molar-refractivity contribution in [1.29, 1.82) is 0 Å². The van der Waals surface area contributed by atoms with Crippen LogP contribution in [0.15, 0.2) is 0 Å². The summed E-state index contributed by atoms with van der Waals surface area (Å²) < 4.78 is 0. The summed E-state index contributed by atoms with van der Waals surface area (Å²) in [5.41, 5.74) is 0. The Morgan fingerprint density at radius 3 is 2.36 bits per heavy atom. The van der Waals surface area contributed by atoms with E-state index in [1.807, 2.05) is 0 Å². The highest BCUT2D eigenvalue weighted by Crippen LogP contribution is 2.12. The molecular weight excluding hydrogens is 132 g/mol. The van der Waals surface area contributed by atoms with Crippen molar-refractivity contribution in [1.82, 2.24) is 0 Å². The van der Waals surface area contributed by atoms with E-state index >= 15 is 0 Å². The predicted molar refractivity (Wildman–Crippen MR) is 51.4 cm³/mol. The number of terminal acetylenes is 1. The Kier molecular flexibility index (Phi) is 7.36. The standard InChI is InChI=1S/C11H20/c1-4-7-8-9-10-11(5-2)6-3/h2,11H,4,6-10H2,1,3H3. The van der Waals surface area contributed by atoms with E-state index in [0.717, 1.165) is 6.42 Å². The van der Waals surface area contributed by atoms with E-state index in [9.17, 15) is 0 Å². The molecule has 0 rings (SSSR count). The maximum absolute atomic E-state index is 5.35. The van der Waals surface area contributed by atoms with Crippen LogP contribution in [0.4, 0.5) is 0 Å². The van der Waals surface area contributed by atoms with Gasteiger partial charge in [-0.3, -0.25) is 0 Å². The van der Waals surface area contributed by atoms with Crippen LogP contribution in [-0.2, 0) is 0 Å². The summed E-state index contributed by atoms with van der Waals surface area (Å²) in [4.78, 5) is 0. The highest BCUT2D eigenvalue weighted by atomic mass is 14.0. The van der Waals surface area contributed by atoms with Gasteiger partial charge in [-0.05, 0) is 12.8 Å². The van der Waals surface area contributed by atoms with Crippen LogP contribution in [0.3, 0.4) is 0 Å². The third-order valence-corrected chi connectivity index (χ3v) is 2.13. The van der Waals surface area contributed by atoms with Crippen LogP contribution in [0.2, 0.25) is 0 Å². The van der Waals surface area contributed by atoms with Crippen molar-refractivity contribution >= 4 is 0 Å². The zero-order chi connectivity index (χ0) is 8.53. The van der Waals surface area contributed by atoms with Gasteiger partial charge < -0.3 is 0 Å². The van der Waals surface area contributed by atoms with Crippen molar-refractivity contribution in [2.75, 3.05) is 0 Å². The summed E-state index contributed by atoms with van der Waals surface area (Å²) in [6.45, 7) is 4.41. The molecule has 0 fully saturated rings. The Bertz CT molecular complexity index is 108. The molecule has 0 aromatic heterocycles. The lowest BCUT2D eigenvalue weighted by molar-refractivity contribution is 0.531. The second-order valence-electron chi connectivity index (χ2n) is 3.12. The van der Waals surface area contributed by atoms with E-state index in [-0.39, 0.29) is 0 Å². The number of rotatable bonds is 6. The monoisotopic (exact) mass is 152 g/mol. The van der Waals surface area contributed by atoms with Crippen molar-refractivity contribution in [2.45, 2.75) is 52.4 Å². The molecule has 0 radical (unpaired) electrons. The fourth-order valence-corrected chi connectivity index (χ4v) is 1.22. The third-order valence-electron chi connectivity index (χ3n) is 2.13. The van der Waals surface area contributed by atoms with Crippen LogP contribution in [0.25, 0.3) is 0 Å². The van der Waals surface area contributed by atoms with Gasteiger partial charge in [0.05, 0.1) is 0 Å². The molecule has 0 aromatic rings. The minimum atomic E-state index is 0.534. The summed E-state index contributed by atoms with van der Waals surface area (Å²) >= 11 is 0. The van der Waals surface area contributed by atoms with Crippen LogP contribution in [0.1, 0.15) is 52.4 Å². The zero-order valence-electron chi connectivity index (χ0n) is 7.90.